The number of carbonyl (C=O) groups is 1. The number of nitrogens with zero attached hydrogens (tertiary/aromatic N) is 2. The molecule has 0 unspecified atom stereocenters. The van der Waals surface area contributed by atoms with Gasteiger partial charge in [-0.25, -0.2) is 4.98 Å². The molecule has 1 heterocycles. The van der Waals surface area contributed by atoms with Crippen LogP contribution in [0.15, 0.2) is 52.4 Å². The average Bonchev–Trinajstić information content (AvgIpc) is 2.69. The lowest BCUT2D eigenvalue weighted by Crippen LogP contribution is -2.29. The number of hydrogen-bond acceptors (Lipinski definition) is 5. The van der Waals surface area contributed by atoms with Crippen molar-refractivity contribution in [3.05, 3.63) is 63.4 Å². The molecule has 0 aliphatic heterocycles. The van der Waals surface area contributed by atoms with Crippen molar-refractivity contribution in [3.8, 4) is 5.69 Å². The molecule has 0 atom stereocenters. The van der Waals surface area contributed by atoms with Crippen molar-refractivity contribution in [2.45, 2.75) is 12.1 Å². The summed E-state index contributed by atoms with van der Waals surface area (Å²) in [7, 11) is 1.58. The summed E-state index contributed by atoms with van der Waals surface area (Å²) in [4.78, 5) is 29.9. The first-order valence-electron chi connectivity index (χ1n) is 8.68. The Morgan fingerprint density at radius 1 is 1.25 bits per heavy atom. The molecule has 3 rings (SSSR count). The monoisotopic (exact) mass is 417 g/mol. The van der Waals surface area contributed by atoms with Gasteiger partial charge in [-0.15, -0.1) is 0 Å². The zero-order valence-corrected chi connectivity index (χ0v) is 17.1. The highest BCUT2D eigenvalue weighted by Crippen LogP contribution is 2.26. The Morgan fingerprint density at radius 3 is 2.82 bits per heavy atom. The molecule has 3 aromatic rings. The fourth-order valence-electron chi connectivity index (χ4n) is 2.73. The molecule has 1 amide bonds. The average molecular weight is 418 g/mol. The minimum absolute atomic E-state index is 0.133. The summed E-state index contributed by atoms with van der Waals surface area (Å²) in [5, 5.41) is 4.28. The van der Waals surface area contributed by atoms with Crippen LogP contribution in [0.4, 0.5) is 0 Å². The predicted molar refractivity (Wildman–Crippen MR) is 113 cm³/mol. The molecule has 28 heavy (non-hydrogen) atoms. The molecule has 0 saturated carbocycles. The molecule has 0 aliphatic rings. The van der Waals surface area contributed by atoms with E-state index in [9.17, 15) is 9.59 Å². The van der Waals surface area contributed by atoms with Crippen molar-refractivity contribution in [1.82, 2.24) is 14.9 Å². The number of nitrogens with one attached hydrogen (secondary N) is 1. The highest BCUT2D eigenvalue weighted by Gasteiger charge is 2.16. The van der Waals surface area contributed by atoms with Gasteiger partial charge in [0.1, 0.15) is 0 Å². The Balaban J connectivity index is 2.04. The fraction of sp³-hybridized carbons (Fsp3) is 0.250. The number of rotatable bonds is 7. The topological polar surface area (TPSA) is 73.2 Å². The Kier molecular flexibility index (Phi) is 6.72. The Bertz CT molecular complexity index is 1070. The van der Waals surface area contributed by atoms with E-state index in [1.54, 1.807) is 37.4 Å². The van der Waals surface area contributed by atoms with E-state index in [0.29, 0.717) is 39.9 Å². The Labute approximate surface area is 171 Å². The van der Waals surface area contributed by atoms with E-state index in [4.69, 9.17) is 16.3 Å². The number of halogens is 1. The molecule has 0 fully saturated rings. The van der Waals surface area contributed by atoms with Crippen LogP contribution in [-0.2, 0) is 9.53 Å². The summed E-state index contributed by atoms with van der Waals surface area (Å²) in [6.45, 7) is 2.73. The van der Waals surface area contributed by atoms with Crippen LogP contribution in [-0.4, -0.2) is 41.5 Å². The second kappa shape index (κ2) is 9.23. The van der Waals surface area contributed by atoms with Crippen LogP contribution in [0, 0.1) is 6.92 Å². The second-order valence-corrected chi connectivity index (χ2v) is 7.42. The number of thioether (sulfide) groups is 1. The standard InChI is InChI=1S/C20H20ClN3O3S/c1-13-15(21)7-5-9-17(13)24-19(26)14-6-3-4-8-16(14)23-20(24)28-12-18(25)22-10-11-27-2/h3-9H,10-12H2,1-2H3,(H,22,25). The number of hydrogen-bond donors (Lipinski definition) is 1. The van der Waals surface area contributed by atoms with Crippen molar-refractivity contribution < 1.29 is 9.53 Å². The van der Waals surface area contributed by atoms with Crippen LogP contribution >= 0.6 is 23.4 Å². The van der Waals surface area contributed by atoms with E-state index < -0.39 is 0 Å². The summed E-state index contributed by atoms with van der Waals surface area (Å²) in [5.41, 5.74) is 1.82. The van der Waals surface area contributed by atoms with Crippen molar-refractivity contribution in [1.29, 1.82) is 0 Å². The molecule has 0 saturated heterocycles. The summed E-state index contributed by atoms with van der Waals surface area (Å²) >= 11 is 7.47. The summed E-state index contributed by atoms with van der Waals surface area (Å²) in [6, 6.07) is 12.5. The highest BCUT2D eigenvalue weighted by molar-refractivity contribution is 7.99. The van der Waals surface area contributed by atoms with Crippen molar-refractivity contribution in [3.63, 3.8) is 0 Å². The first kappa shape index (κ1) is 20.4. The predicted octanol–water partition coefficient (Wildman–Crippen LogP) is 3.20. The van der Waals surface area contributed by atoms with Gasteiger partial charge >= 0.3 is 0 Å². The maximum absolute atomic E-state index is 13.2. The number of aromatic nitrogens is 2. The van der Waals surface area contributed by atoms with E-state index in [0.717, 1.165) is 5.56 Å². The Hall–Kier alpha value is -2.35. The zero-order valence-electron chi connectivity index (χ0n) is 15.6. The van der Waals surface area contributed by atoms with E-state index in [1.807, 2.05) is 19.1 Å². The van der Waals surface area contributed by atoms with E-state index in [1.165, 1.54) is 16.3 Å². The summed E-state index contributed by atoms with van der Waals surface area (Å²) < 4.78 is 6.45. The molecule has 0 spiro atoms. The maximum atomic E-state index is 13.2. The molecule has 8 heteroatoms. The molecular weight excluding hydrogens is 398 g/mol. The largest absolute Gasteiger partial charge is 0.383 e. The fourth-order valence-corrected chi connectivity index (χ4v) is 3.74. The maximum Gasteiger partial charge on any atom is 0.266 e. The summed E-state index contributed by atoms with van der Waals surface area (Å²) in [6.07, 6.45) is 0. The van der Waals surface area contributed by atoms with Crippen LogP contribution in [0.25, 0.3) is 16.6 Å². The smallest absolute Gasteiger partial charge is 0.266 e. The highest BCUT2D eigenvalue weighted by atomic mass is 35.5. The zero-order chi connectivity index (χ0) is 20.1. The molecule has 0 aliphatic carbocycles. The number of para-hydroxylation sites is 1. The first-order chi connectivity index (χ1) is 13.5. The summed E-state index contributed by atoms with van der Waals surface area (Å²) in [5.74, 6) is -0.0208. The van der Waals surface area contributed by atoms with Gasteiger partial charge in [0, 0.05) is 18.7 Å². The van der Waals surface area contributed by atoms with Gasteiger partial charge in [0.2, 0.25) is 5.91 Å². The van der Waals surface area contributed by atoms with Crippen molar-refractivity contribution in [2.24, 2.45) is 0 Å². The molecular formula is C20H20ClN3O3S. The number of methoxy groups -OCH3 is 1. The van der Waals surface area contributed by atoms with Crippen LogP contribution in [0.5, 0.6) is 0 Å². The Morgan fingerprint density at radius 2 is 2.04 bits per heavy atom. The van der Waals surface area contributed by atoms with Crippen LogP contribution in [0.3, 0.4) is 0 Å². The van der Waals surface area contributed by atoms with Gasteiger partial charge in [0.05, 0.1) is 29.0 Å². The lowest BCUT2D eigenvalue weighted by molar-refractivity contribution is -0.118. The molecule has 146 valence electrons. The van der Waals surface area contributed by atoms with Crippen LogP contribution in [0.1, 0.15) is 5.56 Å². The number of amides is 1. The normalized spacial score (nSPS) is 11.0. The lowest BCUT2D eigenvalue weighted by atomic mass is 10.2. The van der Waals surface area contributed by atoms with Gasteiger partial charge in [-0.1, -0.05) is 41.6 Å². The van der Waals surface area contributed by atoms with Gasteiger partial charge in [-0.3, -0.25) is 14.2 Å². The third kappa shape index (κ3) is 4.38. The van der Waals surface area contributed by atoms with Gasteiger partial charge in [-0.2, -0.15) is 0 Å². The molecule has 0 radical (unpaired) electrons. The second-order valence-electron chi connectivity index (χ2n) is 6.07. The number of ether oxygens (including phenoxy) is 1. The van der Waals surface area contributed by atoms with Crippen LogP contribution in [0.2, 0.25) is 5.02 Å². The van der Waals surface area contributed by atoms with Gasteiger partial charge < -0.3 is 10.1 Å². The van der Waals surface area contributed by atoms with Crippen molar-refractivity contribution >= 4 is 40.2 Å². The van der Waals surface area contributed by atoms with Gasteiger partial charge in [0.25, 0.3) is 5.56 Å². The number of benzene rings is 2. The van der Waals surface area contributed by atoms with Crippen molar-refractivity contribution in [2.75, 3.05) is 26.0 Å². The molecule has 2 aromatic carbocycles. The first-order valence-corrected chi connectivity index (χ1v) is 10.0. The van der Waals surface area contributed by atoms with E-state index in [-0.39, 0.29) is 17.2 Å². The van der Waals surface area contributed by atoms with Crippen LogP contribution < -0.4 is 10.9 Å². The molecule has 6 nitrogen and oxygen atoms in total. The number of carbonyl (C=O) groups excluding carboxylic acids is 1. The van der Waals surface area contributed by atoms with E-state index >= 15 is 0 Å². The molecule has 0 bridgehead atoms. The third-order valence-electron chi connectivity index (χ3n) is 4.19. The molecule has 1 N–H and O–H groups in total. The minimum Gasteiger partial charge on any atom is -0.383 e. The van der Waals surface area contributed by atoms with Gasteiger partial charge in [0.15, 0.2) is 5.16 Å². The minimum atomic E-state index is -0.196. The van der Waals surface area contributed by atoms with E-state index in [2.05, 4.69) is 10.3 Å². The quantitative estimate of drug-likeness (QED) is 0.363. The third-order valence-corrected chi connectivity index (χ3v) is 5.53. The molecule has 1 aromatic heterocycles. The lowest BCUT2D eigenvalue weighted by Gasteiger charge is -2.15. The SMILES string of the molecule is COCCNC(=O)CSc1nc2ccccc2c(=O)n1-c1cccc(Cl)c1C. The number of fused-ring (bicyclic) bond motifs is 1. The van der Waals surface area contributed by atoms with Gasteiger partial charge in [-0.05, 0) is 36.8 Å².